The van der Waals surface area contributed by atoms with Crippen molar-refractivity contribution < 1.29 is 0 Å². The number of fused-ring (bicyclic) bond motifs is 1. The van der Waals surface area contributed by atoms with Crippen LogP contribution in [0, 0.1) is 0 Å². The number of hydrogen-bond donors (Lipinski definition) is 2. The molecule has 0 aliphatic heterocycles. The number of benzene rings is 1. The molecule has 0 aliphatic rings. The molecule has 2 aromatic heterocycles. The zero-order valence-corrected chi connectivity index (χ0v) is 9.09. The van der Waals surface area contributed by atoms with E-state index in [1.807, 2.05) is 24.3 Å². The molecular weight excluding hydrogens is 214 g/mol. The number of imidazole rings is 1. The van der Waals surface area contributed by atoms with Crippen LogP contribution in [0.4, 0.5) is 5.69 Å². The molecule has 0 atom stereocenters. The summed E-state index contributed by atoms with van der Waals surface area (Å²) in [5.74, 6) is 0.736. The van der Waals surface area contributed by atoms with Gasteiger partial charge in [-0.1, -0.05) is 18.2 Å². The highest BCUT2D eigenvalue weighted by Gasteiger charge is 2.04. The van der Waals surface area contributed by atoms with E-state index in [1.165, 1.54) is 0 Å². The van der Waals surface area contributed by atoms with Gasteiger partial charge in [0.2, 0.25) is 0 Å². The first-order valence-corrected chi connectivity index (χ1v) is 5.31. The minimum atomic E-state index is 0.627. The maximum atomic E-state index is 5.89. The standard InChI is InChI=1S/C12H11N5/c13-9-4-2-1-3-8(9)5-11-14-6-10-12(17-11)16-7-15-10/h1-4,6-7H,5,13H2,(H,14,15,16,17). The van der Waals surface area contributed by atoms with E-state index < -0.39 is 0 Å². The van der Waals surface area contributed by atoms with E-state index in [-0.39, 0.29) is 0 Å². The van der Waals surface area contributed by atoms with Gasteiger partial charge in [0, 0.05) is 12.1 Å². The molecular formula is C12H11N5. The van der Waals surface area contributed by atoms with Crippen LogP contribution >= 0.6 is 0 Å². The second-order valence-electron chi connectivity index (χ2n) is 3.80. The predicted octanol–water partition coefficient (Wildman–Crippen LogP) is 1.53. The number of para-hydroxylation sites is 1. The van der Waals surface area contributed by atoms with Crippen molar-refractivity contribution in [3.63, 3.8) is 0 Å². The van der Waals surface area contributed by atoms with Crippen LogP contribution in [0.1, 0.15) is 11.4 Å². The third-order valence-corrected chi connectivity index (χ3v) is 2.63. The summed E-state index contributed by atoms with van der Waals surface area (Å²) in [6.07, 6.45) is 3.95. The van der Waals surface area contributed by atoms with Crippen molar-refractivity contribution in [1.82, 2.24) is 19.9 Å². The Morgan fingerprint density at radius 3 is 2.94 bits per heavy atom. The molecule has 84 valence electrons. The fourth-order valence-corrected chi connectivity index (χ4v) is 1.73. The van der Waals surface area contributed by atoms with Crippen molar-refractivity contribution >= 4 is 16.9 Å². The van der Waals surface area contributed by atoms with Gasteiger partial charge in [0.05, 0.1) is 12.5 Å². The Morgan fingerprint density at radius 2 is 2.06 bits per heavy atom. The van der Waals surface area contributed by atoms with Gasteiger partial charge < -0.3 is 10.7 Å². The van der Waals surface area contributed by atoms with Crippen LogP contribution in [0.5, 0.6) is 0 Å². The molecule has 0 spiro atoms. The lowest BCUT2D eigenvalue weighted by Crippen LogP contribution is -1.99. The Bertz CT molecular complexity index is 659. The number of hydrogen-bond acceptors (Lipinski definition) is 4. The highest BCUT2D eigenvalue weighted by atomic mass is 15.0. The quantitative estimate of drug-likeness (QED) is 0.648. The summed E-state index contributed by atoms with van der Waals surface area (Å²) in [4.78, 5) is 15.7. The normalized spacial score (nSPS) is 10.8. The smallest absolute Gasteiger partial charge is 0.160 e. The molecule has 3 rings (SSSR count). The fraction of sp³-hybridized carbons (Fsp3) is 0.0833. The maximum absolute atomic E-state index is 5.89. The second-order valence-corrected chi connectivity index (χ2v) is 3.80. The fourth-order valence-electron chi connectivity index (χ4n) is 1.73. The predicted molar refractivity (Wildman–Crippen MR) is 65.3 cm³/mol. The molecule has 0 radical (unpaired) electrons. The first kappa shape index (κ1) is 9.77. The number of nitrogens with two attached hydrogens (primary N) is 1. The molecule has 0 saturated heterocycles. The van der Waals surface area contributed by atoms with Gasteiger partial charge in [0.25, 0.3) is 0 Å². The van der Waals surface area contributed by atoms with Crippen LogP contribution in [0.25, 0.3) is 11.2 Å². The number of aromatic nitrogens is 4. The summed E-state index contributed by atoms with van der Waals surface area (Å²) < 4.78 is 0. The van der Waals surface area contributed by atoms with E-state index in [1.54, 1.807) is 12.5 Å². The molecule has 1 aromatic carbocycles. The summed E-state index contributed by atoms with van der Waals surface area (Å²) in [5.41, 5.74) is 9.21. The Labute approximate surface area is 97.7 Å². The Hall–Kier alpha value is -2.43. The number of H-pyrrole nitrogens is 1. The average molecular weight is 225 g/mol. The van der Waals surface area contributed by atoms with Crippen molar-refractivity contribution in [3.05, 3.63) is 48.2 Å². The van der Waals surface area contributed by atoms with E-state index in [9.17, 15) is 0 Å². The van der Waals surface area contributed by atoms with Gasteiger partial charge in [-0.15, -0.1) is 0 Å². The molecule has 0 bridgehead atoms. The molecule has 0 unspecified atom stereocenters. The molecule has 2 heterocycles. The van der Waals surface area contributed by atoms with Crippen LogP contribution in [-0.2, 0) is 6.42 Å². The van der Waals surface area contributed by atoms with Crippen molar-refractivity contribution in [2.24, 2.45) is 0 Å². The van der Waals surface area contributed by atoms with Crippen LogP contribution in [0.3, 0.4) is 0 Å². The summed E-state index contributed by atoms with van der Waals surface area (Å²) in [5, 5.41) is 0. The third-order valence-electron chi connectivity index (χ3n) is 2.63. The molecule has 3 aromatic rings. The third kappa shape index (κ3) is 1.82. The average Bonchev–Trinajstić information content (AvgIpc) is 2.79. The van der Waals surface area contributed by atoms with Gasteiger partial charge in [-0.05, 0) is 11.6 Å². The highest BCUT2D eigenvalue weighted by Crippen LogP contribution is 2.14. The van der Waals surface area contributed by atoms with E-state index in [4.69, 9.17) is 5.73 Å². The van der Waals surface area contributed by atoms with Gasteiger partial charge in [-0.25, -0.2) is 15.0 Å². The zero-order valence-electron chi connectivity index (χ0n) is 9.09. The zero-order chi connectivity index (χ0) is 11.7. The van der Waals surface area contributed by atoms with E-state index in [0.717, 1.165) is 28.2 Å². The van der Waals surface area contributed by atoms with Crippen LogP contribution in [0.15, 0.2) is 36.8 Å². The number of aromatic amines is 1. The summed E-state index contributed by atoms with van der Waals surface area (Å²) in [6.45, 7) is 0. The summed E-state index contributed by atoms with van der Waals surface area (Å²) in [7, 11) is 0. The van der Waals surface area contributed by atoms with Gasteiger partial charge in [0.1, 0.15) is 11.3 Å². The minimum Gasteiger partial charge on any atom is -0.398 e. The summed E-state index contributed by atoms with van der Waals surface area (Å²) in [6, 6.07) is 7.73. The molecule has 0 aliphatic carbocycles. The largest absolute Gasteiger partial charge is 0.398 e. The Morgan fingerprint density at radius 1 is 1.18 bits per heavy atom. The number of nitrogens with one attached hydrogen (secondary N) is 1. The van der Waals surface area contributed by atoms with E-state index in [2.05, 4.69) is 19.9 Å². The van der Waals surface area contributed by atoms with E-state index in [0.29, 0.717) is 6.42 Å². The first-order chi connectivity index (χ1) is 8.33. The van der Waals surface area contributed by atoms with Gasteiger partial charge in [-0.3, -0.25) is 0 Å². The van der Waals surface area contributed by atoms with Crippen LogP contribution in [0.2, 0.25) is 0 Å². The van der Waals surface area contributed by atoms with Crippen molar-refractivity contribution in [2.45, 2.75) is 6.42 Å². The van der Waals surface area contributed by atoms with Crippen LogP contribution in [-0.4, -0.2) is 19.9 Å². The molecule has 0 saturated carbocycles. The summed E-state index contributed by atoms with van der Waals surface area (Å²) >= 11 is 0. The number of anilines is 1. The molecule has 3 N–H and O–H groups in total. The monoisotopic (exact) mass is 225 g/mol. The molecule has 17 heavy (non-hydrogen) atoms. The van der Waals surface area contributed by atoms with E-state index >= 15 is 0 Å². The highest BCUT2D eigenvalue weighted by molar-refractivity contribution is 5.68. The number of nitrogens with zero attached hydrogens (tertiary/aromatic N) is 3. The maximum Gasteiger partial charge on any atom is 0.160 e. The second kappa shape index (κ2) is 3.86. The van der Waals surface area contributed by atoms with Gasteiger partial charge in [-0.2, -0.15) is 0 Å². The molecule has 0 amide bonds. The number of nitrogen functional groups attached to an aromatic ring is 1. The van der Waals surface area contributed by atoms with Crippen molar-refractivity contribution in [1.29, 1.82) is 0 Å². The lowest BCUT2D eigenvalue weighted by atomic mass is 10.1. The van der Waals surface area contributed by atoms with Crippen molar-refractivity contribution in [3.8, 4) is 0 Å². The lowest BCUT2D eigenvalue weighted by Gasteiger charge is -2.03. The van der Waals surface area contributed by atoms with Crippen molar-refractivity contribution in [2.75, 3.05) is 5.73 Å². The lowest BCUT2D eigenvalue weighted by molar-refractivity contribution is 0.988. The Balaban J connectivity index is 1.97. The SMILES string of the molecule is Nc1ccccc1Cc1ncc2nc[nH]c2n1. The van der Waals surface area contributed by atoms with Gasteiger partial charge in [0.15, 0.2) is 5.65 Å². The minimum absolute atomic E-state index is 0.627. The molecule has 0 fully saturated rings. The number of rotatable bonds is 2. The Kier molecular flexibility index (Phi) is 2.22. The molecule has 5 heteroatoms. The van der Waals surface area contributed by atoms with Crippen LogP contribution < -0.4 is 5.73 Å². The topological polar surface area (TPSA) is 80.5 Å². The first-order valence-electron chi connectivity index (χ1n) is 5.31. The van der Waals surface area contributed by atoms with Gasteiger partial charge >= 0.3 is 0 Å². The molecule has 5 nitrogen and oxygen atoms in total.